The van der Waals surface area contributed by atoms with E-state index < -0.39 is 0 Å². The molecule has 0 saturated carbocycles. The van der Waals surface area contributed by atoms with Crippen molar-refractivity contribution >= 4 is 47.4 Å². The van der Waals surface area contributed by atoms with Gasteiger partial charge >= 0.3 is 0 Å². The standard InChI is InChI=1S/C18H11BrS/c19-14-8-5-12(6-9-14)13-7-10-18-16(11-13)15-3-1-2-4-17(15)20-18/h1-11H. The third-order valence-corrected chi connectivity index (χ3v) is 5.23. The summed E-state index contributed by atoms with van der Waals surface area (Å²) in [5.41, 5.74) is 2.53. The Balaban J connectivity index is 1.97. The zero-order valence-electron chi connectivity index (χ0n) is 10.6. The van der Waals surface area contributed by atoms with E-state index in [1.54, 1.807) is 0 Å². The van der Waals surface area contributed by atoms with E-state index in [4.69, 9.17) is 0 Å². The maximum atomic E-state index is 3.49. The first kappa shape index (κ1) is 12.1. The van der Waals surface area contributed by atoms with Gasteiger partial charge in [-0.2, -0.15) is 0 Å². The Morgan fingerprint density at radius 2 is 1.35 bits per heavy atom. The van der Waals surface area contributed by atoms with Gasteiger partial charge in [0.25, 0.3) is 0 Å². The number of benzene rings is 3. The third kappa shape index (κ3) is 1.96. The summed E-state index contributed by atoms with van der Waals surface area (Å²) in [7, 11) is 0. The van der Waals surface area contributed by atoms with Gasteiger partial charge in [0.1, 0.15) is 0 Å². The summed E-state index contributed by atoms with van der Waals surface area (Å²) >= 11 is 5.35. The molecule has 96 valence electrons. The molecule has 0 aliphatic heterocycles. The van der Waals surface area contributed by atoms with E-state index >= 15 is 0 Å². The highest BCUT2D eigenvalue weighted by molar-refractivity contribution is 9.10. The topological polar surface area (TPSA) is 0 Å². The molecule has 1 aromatic heterocycles. The van der Waals surface area contributed by atoms with Crippen molar-refractivity contribution in [2.75, 3.05) is 0 Å². The van der Waals surface area contributed by atoms with E-state index in [1.165, 1.54) is 31.3 Å². The fourth-order valence-corrected chi connectivity index (χ4v) is 3.90. The largest absolute Gasteiger partial charge is 0.135 e. The van der Waals surface area contributed by atoms with Crippen LogP contribution in [-0.2, 0) is 0 Å². The SMILES string of the molecule is Brc1ccc(-c2ccc3sc4ccccc4c3c2)cc1. The minimum Gasteiger partial charge on any atom is -0.135 e. The molecule has 0 aliphatic carbocycles. The van der Waals surface area contributed by atoms with Crippen molar-refractivity contribution in [3.05, 3.63) is 71.2 Å². The highest BCUT2D eigenvalue weighted by atomic mass is 79.9. The van der Waals surface area contributed by atoms with E-state index in [0.29, 0.717) is 0 Å². The van der Waals surface area contributed by atoms with E-state index in [1.807, 2.05) is 11.3 Å². The molecule has 0 saturated heterocycles. The van der Waals surface area contributed by atoms with Crippen LogP contribution in [0.25, 0.3) is 31.3 Å². The molecular weight excluding hydrogens is 328 g/mol. The van der Waals surface area contributed by atoms with Crippen LogP contribution in [0.4, 0.5) is 0 Å². The van der Waals surface area contributed by atoms with Gasteiger partial charge in [0.05, 0.1) is 0 Å². The first-order valence-electron chi connectivity index (χ1n) is 6.48. The number of fused-ring (bicyclic) bond motifs is 3. The average Bonchev–Trinajstić information content (AvgIpc) is 2.86. The average molecular weight is 339 g/mol. The maximum Gasteiger partial charge on any atom is 0.0355 e. The van der Waals surface area contributed by atoms with Crippen LogP contribution in [0.15, 0.2) is 71.2 Å². The molecule has 0 N–H and O–H groups in total. The van der Waals surface area contributed by atoms with Crippen molar-refractivity contribution in [1.29, 1.82) is 0 Å². The van der Waals surface area contributed by atoms with E-state index in [9.17, 15) is 0 Å². The summed E-state index contributed by atoms with van der Waals surface area (Å²) in [4.78, 5) is 0. The first-order valence-corrected chi connectivity index (χ1v) is 8.09. The molecule has 0 nitrogen and oxygen atoms in total. The lowest BCUT2D eigenvalue weighted by Crippen LogP contribution is -1.77. The lowest BCUT2D eigenvalue weighted by molar-refractivity contribution is 1.62. The molecule has 0 amide bonds. The van der Waals surface area contributed by atoms with E-state index in [-0.39, 0.29) is 0 Å². The molecule has 0 spiro atoms. The lowest BCUT2D eigenvalue weighted by atomic mass is 10.0. The lowest BCUT2D eigenvalue weighted by Gasteiger charge is -2.02. The van der Waals surface area contributed by atoms with Gasteiger partial charge in [-0.1, -0.05) is 52.3 Å². The van der Waals surface area contributed by atoms with Gasteiger partial charge in [0.15, 0.2) is 0 Å². The molecule has 0 fully saturated rings. The van der Waals surface area contributed by atoms with Gasteiger partial charge in [-0.15, -0.1) is 11.3 Å². The van der Waals surface area contributed by atoms with Crippen LogP contribution in [-0.4, -0.2) is 0 Å². The Hall–Kier alpha value is -1.64. The van der Waals surface area contributed by atoms with E-state index in [0.717, 1.165) is 4.47 Å². The van der Waals surface area contributed by atoms with Crippen LogP contribution >= 0.6 is 27.3 Å². The quantitative estimate of drug-likeness (QED) is 0.372. The molecule has 1 heterocycles. The van der Waals surface area contributed by atoms with Gasteiger partial charge in [0.2, 0.25) is 0 Å². The van der Waals surface area contributed by atoms with Gasteiger partial charge < -0.3 is 0 Å². The molecular formula is C18H11BrS. The summed E-state index contributed by atoms with van der Waals surface area (Å²) in [5.74, 6) is 0. The summed E-state index contributed by atoms with van der Waals surface area (Å²) in [6.07, 6.45) is 0. The Morgan fingerprint density at radius 3 is 2.20 bits per heavy atom. The van der Waals surface area contributed by atoms with Crippen LogP contribution in [0.1, 0.15) is 0 Å². The van der Waals surface area contributed by atoms with Crippen molar-refractivity contribution in [3.8, 4) is 11.1 Å². The van der Waals surface area contributed by atoms with Crippen LogP contribution < -0.4 is 0 Å². The van der Waals surface area contributed by atoms with Crippen molar-refractivity contribution in [2.45, 2.75) is 0 Å². The summed E-state index contributed by atoms with van der Waals surface area (Å²) < 4.78 is 3.82. The predicted octanol–water partition coefficient (Wildman–Crippen LogP) is 6.48. The monoisotopic (exact) mass is 338 g/mol. The van der Waals surface area contributed by atoms with Gasteiger partial charge in [-0.05, 0) is 41.5 Å². The Morgan fingerprint density at radius 1 is 0.650 bits per heavy atom. The molecule has 2 heteroatoms. The molecule has 0 radical (unpaired) electrons. The minimum absolute atomic E-state index is 1.11. The van der Waals surface area contributed by atoms with Crippen LogP contribution in [0.3, 0.4) is 0 Å². The number of hydrogen-bond donors (Lipinski definition) is 0. The normalized spacial score (nSPS) is 11.2. The van der Waals surface area contributed by atoms with Crippen molar-refractivity contribution in [2.24, 2.45) is 0 Å². The molecule has 3 aromatic carbocycles. The van der Waals surface area contributed by atoms with Crippen LogP contribution in [0.5, 0.6) is 0 Å². The van der Waals surface area contributed by atoms with Crippen molar-refractivity contribution < 1.29 is 0 Å². The van der Waals surface area contributed by atoms with E-state index in [2.05, 4.69) is 82.7 Å². The van der Waals surface area contributed by atoms with Crippen molar-refractivity contribution in [1.82, 2.24) is 0 Å². The second kappa shape index (κ2) is 4.72. The second-order valence-electron chi connectivity index (χ2n) is 4.82. The third-order valence-electron chi connectivity index (χ3n) is 3.55. The van der Waals surface area contributed by atoms with Crippen molar-refractivity contribution in [3.63, 3.8) is 0 Å². The van der Waals surface area contributed by atoms with Gasteiger partial charge in [0, 0.05) is 24.6 Å². The summed E-state index contributed by atoms with van der Waals surface area (Å²) in [6, 6.07) is 23.8. The fourth-order valence-electron chi connectivity index (χ4n) is 2.55. The number of thiophene rings is 1. The second-order valence-corrected chi connectivity index (χ2v) is 6.82. The minimum atomic E-state index is 1.11. The highest BCUT2D eigenvalue weighted by Crippen LogP contribution is 2.36. The first-order chi connectivity index (χ1) is 9.81. The Kier molecular flexibility index (Phi) is 2.86. The van der Waals surface area contributed by atoms with Crippen LogP contribution in [0.2, 0.25) is 0 Å². The molecule has 20 heavy (non-hydrogen) atoms. The maximum absolute atomic E-state index is 3.49. The molecule has 0 unspecified atom stereocenters. The zero-order valence-corrected chi connectivity index (χ0v) is 13.0. The molecule has 0 atom stereocenters. The molecule has 0 bridgehead atoms. The predicted molar refractivity (Wildman–Crippen MR) is 92.5 cm³/mol. The summed E-state index contributed by atoms with van der Waals surface area (Å²) in [5, 5.41) is 2.71. The number of halogens is 1. The molecule has 4 aromatic rings. The smallest absolute Gasteiger partial charge is 0.0355 e. The highest BCUT2D eigenvalue weighted by Gasteiger charge is 2.06. The summed E-state index contributed by atoms with van der Waals surface area (Å²) in [6.45, 7) is 0. The number of hydrogen-bond acceptors (Lipinski definition) is 1. The Labute approximate surface area is 129 Å². The Bertz CT molecular complexity index is 904. The van der Waals surface area contributed by atoms with Gasteiger partial charge in [-0.3, -0.25) is 0 Å². The van der Waals surface area contributed by atoms with Gasteiger partial charge in [-0.25, -0.2) is 0 Å². The van der Waals surface area contributed by atoms with Crippen LogP contribution in [0, 0.1) is 0 Å². The number of rotatable bonds is 1. The molecule has 4 rings (SSSR count). The molecule has 0 aliphatic rings. The zero-order chi connectivity index (χ0) is 13.5. The fraction of sp³-hybridized carbons (Fsp3) is 0.